The van der Waals surface area contributed by atoms with Crippen LogP contribution in [0.3, 0.4) is 0 Å². The highest BCUT2D eigenvalue weighted by atomic mass is 19.3. The lowest BCUT2D eigenvalue weighted by molar-refractivity contribution is -0.129. The van der Waals surface area contributed by atoms with Crippen LogP contribution in [0.4, 0.5) is 20.3 Å². The van der Waals surface area contributed by atoms with Crippen molar-refractivity contribution in [3.8, 4) is 11.1 Å². The van der Waals surface area contributed by atoms with Crippen molar-refractivity contribution in [2.45, 2.75) is 77.8 Å². The standard InChI is InChI=1S/C32H38F2N4O2/c1-20(2)22-6-8-23(9-7-22)26-17-24-5-4-13-37(30(24)18-27(26)31(33)34)32-28-19-36(21(3)39)14-10-29(28)38(35-32)25-11-15-40-16-12-25/h6-9,17-18,20,25,31H,4-5,10-16,19H2,1-3H3. The molecule has 2 aromatic carbocycles. The number of aryl methyl sites for hydroxylation is 1. The van der Waals surface area contributed by atoms with Crippen LogP contribution in [0.25, 0.3) is 11.1 Å². The molecule has 1 saturated heterocycles. The van der Waals surface area contributed by atoms with Crippen LogP contribution in [0.2, 0.25) is 0 Å². The molecule has 3 aromatic rings. The Labute approximate surface area is 234 Å². The molecule has 3 aliphatic rings. The molecule has 0 aliphatic carbocycles. The lowest BCUT2D eigenvalue weighted by Gasteiger charge is -2.33. The number of hydrogen-bond donors (Lipinski definition) is 0. The highest BCUT2D eigenvalue weighted by molar-refractivity contribution is 5.78. The van der Waals surface area contributed by atoms with Crippen molar-refractivity contribution in [1.29, 1.82) is 0 Å². The van der Waals surface area contributed by atoms with Crippen molar-refractivity contribution in [3.05, 3.63) is 64.3 Å². The van der Waals surface area contributed by atoms with E-state index in [0.29, 0.717) is 44.3 Å². The SMILES string of the molecule is CC(=O)N1CCc2c(c(N3CCCc4cc(-c5ccc(C(C)C)cc5)c(C(F)F)cc43)nn2C2CCOCC2)C1. The molecule has 0 spiro atoms. The summed E-state index contributed by atoms with van der Waals surface area (Å²) in [6.07, 6.45) is 1.67. The van der Waals surface area contributed by atoms with E-state index in [9.17, 15) is 13.6 Å². The second kappa shape index (κ2) is 11.0. The fraction of sp³-hybridized carbons (Fsp3) is 0.500. The molecular weight excluding hydrogens is 510 g/mol. The third kappa shape index (κ3) is 4.91. The summed E-state index contributed by atoms with van der Waals surface area (Å²) >= 11 is 0. The number of alkyl halides is 2. The van der Waals surface area contributed by atoms with Gasteiger partial charge in [-0.05, 0) is 66.0 Å². The number of carbonyl (C=O) groups is 1. The minimum absolute atomic E-state index is 0.0441. The van der Waals surface area contributed by atoms with Gasteiger partial charge in [-0.2, -0.15) is 5.10 Å². The molecule has 8 heteroatoms. The predicted octanol–water partition coefficient (Wildman–Crippen LogP) is 6.95. The molecule has 1 amide bonds. The average molecular weight is 549 g/mol. The zero-order valence-corrected chi connectivity index (χ0v) is 23.6. The number of hydrogen-bond acceptors (Lipinski definition) is 4. The Kier molecular flexibility index (Phi) is 7.38. The minimum atomic E-state index is -2.60. The number of rotatable bonds is 5. The van der Waals surface area contributed by atoms with Gasteiger partial charge in [0.1, 0.15) is 0 Å². The minimum Gasteiger partial charge on any atom is -0.381 e. The quantitative estimate of drug-likeness (QED) is 0.346. The molecule has 212 valence electrons. The number of fused-ring (bicyclic) bond motifs is 2. The summed E-state index contributed by atoms with van der Waals surface area (Å²) in [5, 5.41) is 5.17. The summed E-state index contributed by atoms with van der Waals surface area (Å²) < 4.78 is 36.9. The van der Waals surface area contributed by atoms with Gasteiger partial charge in [0.15, 0.2) is 5.82 Å². The van der Waals surface area contributed by atoms with Gasteiger partial charge in [-0.3, -0.25) is 9.48 Å². The first-order valence-electron chi connectivity index (χ1n) is 14.6. The van der Waals surface area contributed by atoms with E-state index in [1.807, 2.05) is 35.2 Å². The molecule has 0 radical (unpaired) electrons. The Morgan fingerprint density at radius 3 is 2.48 bits per heavy atom. The number of ether oxygens (including phenoxy) is 1. The van der Waals surface area contributed by atoms with E-state index in [-0.39, 0.29) is 17.5 Å². The maximum Gasteiger partial charge on any atom is 0.264 e. The molecule has 1 fully saturated rings. The highest BCUT2D eigenvalue weighted by Gasteiger charge is 2.34. The number of aromatic nitrogens is 2. The van der Waals surface area contributed by atoms with Gasteiger partial charge in [-0.15, -0.1) is 0 Å². The third-order valence-corrected chi connectivity index (χ3v) is 8.80. The molecular formula is C32H38F2N4O2. The van der Waals surface area contributed by atoms with Crippen LogP contribution in [0.1, 0.15) is 86.4 Å². The van der Waals surface area contributed by atoms with Crippen molar-refractivity contribution in [1.82, 2.24) is 14.7 Å². The second-order valence-corrected chi connectivity index (χ2v) is 11.6. The van der Waals surface area contributed by atoms with E-state index in [2.05, 4.69) is 23.4 Å². The summed E-state index contributed by atoms with van der Waals surface area (Å²) in [5.41, 5.74) is 6.74. The van der Waals surface area contributed by atoms with Crippen LogP contribution in [0.15, 0.2) is 36.4 Å². The van der Waals surface area contributed by atoms with E-state index in [4.69, 9.17) is 9.84 Å². The van der Waals surface area contributed by atoms with Gasteiger partial charge in [0, 0.05) is 62.2 Å². The Balaban J connectivity index is 1.44. The number of amides is 1. The van der Waals surface area contributed by atoms with Crippen LogP contribution in [-0.2, 0) is 28.9 Å². The highest BCUT2D eigenvalue weighted by Crippen LogP contribution is 2.43. The maximum atomic E-state index is 14.6. The van der Waals surface area contributed by atoms with Crippen molar-refractivity contribution in [2.75, 3.05) is 31.2 Å². The van der Waals surface area contributed by atoms with Gasteiger partial charge < -0.3 is 14.5 Å². The fourth-order valence-corrected chi connectivity index (χ4v) is 6.49. The molecule has 6 rings (SSSR count). The molecule has 0 saturated carbocycles. The Morgan fingerprint density at radius 1 is 1.05 bits per heavy atom. The summed E-state index contributed by atoms with van der Waals surface area (Å²) in [7, 11) is 0. The smallest absolute Gasteiger partial charge is 0.264 e. The molecule has 40 heavy (non-hydrogen) atoms. The largest absolute Gasteiger partial charge is 0.381 e. The predicted molar refractivity (Wildman–Crippen MR) is 152 cm³/mol. The fourth-order valence-electron chi connectivity index (χ4n) is 6.49. The average Bonchev–Trinajstić information content (AvgIpc) is 3.35. The molecule has 0 atom stereocenters. The van der Waals surface area contributed by atoms with Gasteiger partial charge in [0.05, 0.1) is 12.6 Å². The number of carbonyl (C=O) groups excluding carboxylic acids is 1. The molecule has 0 bridgehead atoms. The Hall–Kier alpha value is -3.26. The van der Waals surface area contributed by atoms with Gasteiger partial charge in [0.2, 0.25) is 5.91 Å². The van der Waals surface area contributed by atoms with Crippen LogP contribution in [-0.4, -0.2) is 46.9 Å². The molecule has 1 aromatic heterocycles. The number of halogens is 2. The first-order chi connectivity index (χ1) is 19.3. The van der Waals surface area contributed by atoms with Crippen LogP contribution < -0.4 is 4.90 Å². The molecule has 4 heterocycles. The number of nitrogens with zero attached hydrogens (tertiary/aromatic N) is 4. The zero-order chi connectivity index (χ0) is 28.0. The normalized spacial score (nSPS) is 17.9. The lowest BCUT2D eigenvalue weighted by Crippen LogP contribution is -2.36. The van der Waals surface area contributed by atoms with E-state index in [0.717, 1.165) is 60.3 Å². The zero-order valence-electron chi connectivity index (χ0n) is 23.6. The third-order valence-electron chi connectivity index (χ3n) is 8.80. The van der Waals surface area contributed by atoms with Crippen LogP contribution in [0, 0.1) is 0 Å². The second-order valence-electron chi connectivity index (χ2n) is 11.6. The topological polar surface area (TPSA) is 50.6 Å². The van der Waals surface area contributed by atoms with Crippen molar-refractivity contribution < 1.29 is 18.3 Å². The van der Waals surface area contributed by atoms with Gasteiger partial charge >= 0.3 is 0 Å². The van der Waals surface area contributed by atoms with Gasteiger partial charge in [-0.1, -0.05) is 38.1 Å². The van der Waals surface area contributed by atoms with E-state index in [1.54, 1.807) is 13.0 Å². The number of anilines is 2. The lowest BCUT2D eigenvalue weighted by atomic mass is 9.90. The Bertz CT molecular complexity index is 1390. The molecule has 3 aliphatic heterocycles. The maximum absolute atomic E-state index is 14.6. The van der Waals surface area contributed by atoms with E-state index >= 15 is 0 Å². The summed E-state index contributed by atoms with van der Waals surface area (Å²) in [5.74, 6) is 1.23. The van der Waals surface area contributed by atoms with E-state index in [1.165, 1.54) is 11.3 Å². The van der Waals surface area contributed by atoms with Gasteiger partial charge in [-0.25, -0.2) is 8.78 Å². The van der Waals surface area contributed by atoms with Crippen LogP contribution in [0.5, 0.6) is 0 Å². The molecule has 0 N–H and O–H groups in total. The first-order valence-corrected chi connectivity index (χ1v) is 14.6. The molecule has 0 unspecified atom stereocenters. The van der Waals surface area contributed by atoms with E-state index < -0.39 is 6.43 Å². The van der Waals surface area contributed by atoms with Gasteiger partial charge in [0.25, 0.3) is 6.43 Å². The summed E-state index contributed by atoms with van der Waals surface area (Å²) in [4.78, 5) is 16.3. The van der Waals surface area contributed by atoms with Crippen molar-refractivity contribution in [3.63, 3.8) is 0 Å². The molecule has 6 nitrogen and oxygen atoms in total. The Morgan fingerprint density at radius 2 is 1.80 bits per heavy atom. The summed E-state index contributed by atoms with van der Waals surface area (Å²) in [6.45, 7) is 9.15. The summed E-state index contributed by atoms with van der Waals surface area (Å²) in [6, 6.07) is 11.9. The monoisotopic (exact) mass is 548 g/mol. The van der Waals surface area contributed by atoms with Crippen molar-refractivity contribution >= 4 is 17.4 Å². The van der Waals surface area contributed by atoms with Crippen molar-refractivity contribution in [2.24, 2.45) is 0 Å². The number of benzene rings is 2. The first kappa shape index (κ1) is 26.9. The van der Waals surface area contributed by atoms with Crippen LogP contribution >= 0.6 is 0 Å².